The molecule has 0 heterocycles. The van der Waals surface area contributed by atoms with E-state index >= 15 is 0 Å². The number of phosphoric ester groups is 1. The van der Waals surface area contributed by atoms with Crippen molar-refractivity contribution in [3.8, 4) is 0 Å². The largest absolute Gasteiger partial charge is 0.756 e. The number of hydrogen-bond donors (Lipinski definition) is 0. The molecule has 0 aromatic carbocycles. The van der Waals surface area contributed by atoms with E-state index in [0.717, 1.165) is 89.9 Å². The summed E-state index contributed by atoms with van der Waals surface area (Å²) in [5, 5.41) is 0. The summed E-state index contributed by atoms with van der Waals surface area (Å²) in [4.78, 5) is 38.2. The van der Waals surface area contributed by atoms with Gasteiger partial charge in [0.05, 0.1) is 27.7 Å². The summed E-state index contributed by atoms with van der Waals surface area (Å²) < 4.78 is 34.4. The average Bonchev–Trinajstić information content (AvgIpc) is 1.98. The number of rotatable bonds is 76. The lowest BCUT2D eigenvalue weighted by Crippen LogP contribution is -2.37. The van der Waals surface area contributed by atoms with Gasteiger partial charge >= 0.3 is 11.9 Å². The van der Waals surface area contributed by atoms with Crippen LogP contribution in [0.3, 0.4) is 0 Å². The van der Waals surface area contributed by atoms with Crippen LogP contribution in [0.15, 0.2) is 97.2 Å². The molecule has 96 heavy (non-hydrogen) atoms. The molecule has 0 aromatic rings. The van der Waals surface area contributed by atoms with E-state index < -0.39 is 26.5 Å². The summed E-state index contributed by atoms with van der Waals surface area (Å²) >= 11 is 0. The molecule has 0 bridgehead atoms. The van der Waals surface area contributed by atoms with Crippen LogP contribution in [-0.4, -0.2) is 70.0 Å². The number of allylic oxidation sites excluding steroid dienone is 16. The van der Waals surface area contributed by atoms with Crippen LogP contribution < -0.4 is 4.89 Å². The van der Waals surface area contributed by atoms with Gasteiger partial charge in [-0.3, -0.25) is 14.2 Å². The van der Waals surface area contributed by atoms with E-state index in [4.69, 9.17) is 18.5 Å². The molecule has 0 aromatic heterocycles. The van der Waals surface area contributed by atoms with Crippen molar-refractivity contribution in [3.63, 3.8) is 0 Å². The van der Waals surface area contributed by atoms with Gasteiger partial charge in [-0.25, -0.2) is 0 Å². The number of phosphoric acid groups is 1. The molecular formula is C86H156NO8P. The molecule has 558 valence electrons. The highest BCUT2D eigenvalue weighted by atomic mass is 31.2. The van der Waals surface area contributed by atoms with Crippen LogP contribution in [0.4, 0.5) is 0 Å². The Kier molecular flexibility index (Phi) is 73.7. The Labute approximate surface area is 595 Å². The number of carbonyl (C=O) groups excluding carboxylic acids is 2. The molecule has 0 aliphatic rings. The minimum Gasteiger partial charge on any atom is -0.756 e. The van der Waals surface area contributed by atoms with Crippen LogP contribution in [0.2, 0.25) is 0 Å². The van der Waals surface area contributed by atoms with Crippen LogP contribution in [-0.2, 0) is 32.7 Å². The summed E-state index contributed by atoms with van der Waals surface area (Å²) in [6.07, 6.45) is 107. The molecule has 0 saturated carbocycles. The molecule has 9 nitrogen and oxygen atoms in total. The monoisotopic (exact) mass is 1360 g/mol. The molecular weight excluding hydrogens is 1210 g/mol. The lowest BCUT2D eigenvalue weighted by atomic mass is 10.0. The molecule has 0 rings (SSSR count). The van der Waals surface area contributed by atoms with Crippen LogP contribution in [0.5, 0.6) is 0 Å². The molecule has 2 unspecified atom stereocenters. The van der Waals surface area contributed by atoms with Crippen molar-refractivity contribution in [1.29, 1.82) is 0 Å². The normalized spacial score (nSPS) is 13.5. The first-order chi connectivity index (χ1) is 47.0. The third-order valence-corrected chi connectivity index (χ3v) is 19.1. The molecule has 0 aliphatic heterocycles. The van der Waals surface area contributed by atoms with E-state index in [0.29, 0.717) is 17.4 Å². The van der Waals surface area contributed by atoms with Crippen molar-refractivity contribution in [1.82, 2.24) is 0 Å². The number of ether oxygens (including phenoxy) is 2. The molecule has 10 heteroatoms. The highest BCUT2D eigenvalue weighted by Gasteiger charge is 2.22. The maximum absolute atomic E-state index is 12.9. The zero-order valence-electron chi connectivity index (χ0n) is 63.8. The molecule has 0 saturated heterocycles. The zero-order valence-corrected chi connectivity index (χ0v) is 64.7. The molecule has 0 amide bonds. The lowest BCUT2D eigenvalue weighted by molar-refractivity contribution is -0.870. The Morgan fingerprint density at radius 3 is 0.885 bits per heavy atom. The minimum atomic E-state index is -4.65. The smallest absolute Gasteiger partial charge is 0.306 e. The fraction of sp³-hybridized carbons (Fsp3) is 0.791. The number of likely N-dealkylation sites (N-methyl/N-ethyl adjacent to an activating group) is 1. The van der Waals surface area contributed by atoms with E-state index in [1.807, 2.05) is 21.1 Å². The van der Waals surface area contributed by atoms with Crippen LogP contribution in [0.1, 0.15) is 386 Å². The van der Waals surface area contributed by atoms with E-state index in [2.05, 4.69) is 111 Å². The van der Waals surface area contributed by atoms with Crippen molar-refractivity contribution < 1.29 is 42.1 Å². The number of esters is 2. The minimum absolute atomic E-state index is 0.0315. The molecule has 0 spiro atoms. The summed E-state index contributed by atoms with van der Waals surface area (Å²) in [5.41, 5.74) is 0. The quantitative estimate of drug-likeness (QED) is 0.0195. The van der Waals surface area contributed by atoms with Gasteiger partial charge in [0.1, 0.15) is 19.8 Å². The average molecular weight is 1360 g/mol. The van der Waals surface area contributed by atoms with E-state index in [9.17, 15) is 19.0 Å². The van der Waals surface area contributed by atoms with Gasteiger partial charge in [-0.2, -0.15) is 0 Å². The Hall–Kier alpha value is -3.07. The number of nitrogens with zero attached hydrogens (tertiary/aromatic N) is 1. The molecule has 0 aliphatic carbocycles. The number of unbranched alkanes of at least 4 members (excludes halogenated alkanes) is 46. The van der Waals surface area contributed by atoms with Crippen molar-refractivity contribution >= 4 is 19.8 Å². The fourth-order valence-corrected chi connectivity index (χ4v) is 12.6. The van der Waals surface area contributed by atoms with Gasteiger partial charge in [0.15, 0.2) is 6.10 Å². The third kappa shape index (κ3) is 79.9. The second-order valence-corrected chi connectivity index (χ2v) is 30.2. The Bertz CT molecular complexity index is 1940. The van der Waals surface area contributed by atoms with Crippen LogP contribution in [0, 0.1) is 0 Å². The molecule has 0 N–H and O–H groups in total. The van der Waals surface area contributed by atoms with Gasteiger partial charge < -0.3 is 27.9 Å². The van der Waals surface area contributed by atoms with Crippen LogP contribution >= 0.6 is 7.82 Å². The maximum Gasteiger partial charge on any atom is 0.306 e. The first-order valence-electron chi connectivity index (χ1n) is 40.9. The number of hydrogen-bond acceptors (Lipinski definition) is 8. The predicted molar refractivity (Wildman–Crippen MR) is 416 cm³/mol. The lowest BCUT2D eigenvalue weighted by Gasteiger charge is -2.28. The van der Waals surface area contributed by atoms with E-state index in [1.165, 1.54) is 263 Å². The van der Waals surface area contributed by atoms with Gasteiger partial charge in [0, 0.05) is 12.8 Å². The third-order valence-electron chi connectivity index (χ3n) is 18.1. The zero-order chi connectivity index (χ0) is 69.7. The second kappa shape index (κ2) is 76.1. The Morgan fingerprint density at radius 1 is 0.333 bits per heavy atom. The highest BCUT2D eigenvalue weighted by Crippen LogP contribution is 2.38. The first-order valence-corrected chi connectivity index (χ1v) is 42.4. The Balaban J connectivity index is 3.95. The standard InChI is InChI=1S/C86H156NO8P/c1-6-8-10-12-14-16-18-20-22-24-26-28-30-32-34-36-38-40-41-42-43-44-45-47-49-51-53-55-57-59-61-63-65-67-69-71-73-75-77-79-86(89)95-84(83-94-96(90,91)93-81-80-87(3,4)5)82-92-85(88)78-76-74-72-70-68-66-64-62-60-58-56-54-52-50-48-46-39-37-35-33-31-29-27-25-23-21-19-17-15-13-11-9-7-2/h8,10,14,16,20,22,26,28,32,34,38,40,42-43,45,47,84H,6-7,9,11-13,15,17-19,21,23-25,27,29-31,33,35-37,39,41,44,46,48-83H2,1-5H3/b10-8-,16-14-,22-20-,28-26-,34-32-,40-38-,43-42-,47-45-. The second-order valence-electron chi connectivity index (χ2n) is 28.8. The summed E-state index contributed by atoms with van der Waals surface area (Å²) in [6.45, 7) is 4.18. The predicted octanol–water partition coefficient (Wildman–Crippen LogP) is 26.8. The summed E-state index contributed by atoms with van der Waals surface area (Å²) in [5.74, 6) is -0.818. The highest BCUT2D eigenvalue weighted by molar-refractivity contribution is 7.45. The van der Waals surface area contributed by atoms with Crippen molar-refractivity contribution in [2.45, 2.75) is 392 Å². The van der Waals surface area contributed by atoms with E-state index in [1.54, 1.807) is 0 Å². The molecule has 0 radical (unpaired) electrons. The summed E-state index contributed by atoms with van der Waals surface area (Å²) in [6, 6.07) is 0. The fourth-order valence-electron chi connectivity index (χ4n) is 11.9. The first kappa shape index (κ1) is 92.9. The van der Waals surface area contributed by atoms with Gasteiger partial charge in [-0.15, -0.1) is 0 Å². The van der Waals surface area contributed by atoms with Crippen molar-refractivity contribution in [2.75, 3.05) is 47.5 Å². The maximum atomic E-state index is 12.9. The molecule has 2 atom stereocenters. The van der Waals surface area contributed by atoms with Crippen LogP contribution in [0.25, 0.3) is 0 Å². The SMILES string of the molecule is CC/C=C\C/C=C\C/C=C\C/C=C\C/C=C\C/C=C\C/C=C\C/C=C\CCCCCCCCCCCCCCCCC(=O)OC(COC(=O)CCCCCCCCCCCCCCCCCCCCCCCCCCCCCCCCCCC)COP(=O)([O-])OCC[N+](C)(C)C. The van der Waals surface area contributed by atoms with E-state index in [-0.39, 0.29) is 32.0 Å². The number of carbonyl (C=O) groups is 2. The summed E-state index contributed by atoms with van der Waals surface area (Å²) in [7, 11) is 1.18. The van der Waals surface area contributed by atoms with Gasteiger partial charge in [-0.05, 0) is 77.0 Å². The van der Waals surface area contributed by atoms with Gasteiger partial charge in [0.25, 0.3) is 7.82 Å². The molecule has 0 fully saturated rings. The number of quaternary nitrogens is 1. The Morgan fingerprint density at radius 2 is 0.594 bits per heavy atom. The van der Waals surface area contributed by atoms with Crippen molar-refractivity contribution in [3.05, 3.63) is 97.2 Å². The van der Waals surface area contributed by atoms with Gasteiger partial charge in [0.2, 0.25) is 0 Å². The van der Waals surface area contributed by atoms with Crippen molar-refractivity contribution in [2.24, 2.45) is 0 Å². The topological polar surface area (TPSA) is 111 Å². The van der Waals surface area contributed by atoms with Gasteiger partial charge in [-0.1, -0.05) is 394 Å².